The first-order valence-electron chi connectivity index (χ1n) is 3.64. The first-order valence-corrected chi connectivity index (χ1v) is 5.70. The van der Waals surface area contributed by atoms with E-state index in [0.29, 0.717) is 0 Å². The van der Waals surface area contributed by atoms with Gasteiger partial charge in [-0.1, -0.05) is 27.3 Å². The van der Waals surface area contributed by atoms with Gasteiger partial charge in [-0.05, 0) is 12.1 Å². The van der Waals surface area contributed by atoms with E-state index in [1.54, 1.807) is 6.07 Å². The molecule has 72 valence electrons. The van der Waals surface area contributed by atoms with Crippen LogP contribution in [0.15, 0.2) is 27.6 Å². The summed E-state index contributed by atoms with van der Waals surface area (Å²) < 4.78 is 1.75. The summed E-state index contributed by atoms with van der Waals surface area (Å²) >= 11 is 8.73. The monoisotopic (exact) mass is 289 g/mol. The Balaban J connectivity index is 2.76. The van der Waals surface area contributed by atoms with Crippen molar-refractivity contribution in [2.45, 2.75) is 4.90 Å². The van der Waals surface area contributed by atoms with Gasteiger partial charge in [0.2, 0.25) is 0 Å². The van der Waals surface area contributed by atoms with Crippen molar-refractivity contribution in [3.8, 4) is 0 Å². The lowest BCUT2D eigenvalue weighted by Gasteiger charge is -1.94. The second-order valence-electron chi connectivity index (χ2n) is 2.68. The highest BCUT2D eigenvalue weighted by atomic mass is 79.9. The van der Waals surface area contributed by atoms with Gasteiger partial charge in [0, 0.05) is 25.5 Å². The lowest BCUT2D eigenvalue weighted by atomic mass is 10.3. The van der Waals surface area contributed by atoms with Gasteiger partial charge in [-0.2, -0.15) is 0 Å². The SMILES string of the molecule is O=[N+]([O-])c1cc2c(S)cc(Br)cc2s1. The number of thiol groups is 1. The smallest absolute Gasteiger partial charge is 0.258 e. The van der Waals surface area contributed by atoms with Crippen molar-refractivity contribution in [1.29, 1.82) is 0 Å². The first-order chi connectivity index (χ1) is 6.58. The molecule has 0 unspecified atom stereocenters. The Labute approximate surface area is 97.4 Å². The number of nitro groups is 1. The number of thiophene rings is 1. The fraction of sp³-hybridized carbons (Fsp3) is 0. The van der Waals surface area contributed by atoms with Crippen molar-refractivity contribution in [3.63, 3.8) is 0 Å². The molecular formula is C8H4BrNO2S2. The number of hydrogen-bond donors (Lipinski definition) is 1. The lowest BCUT2D eigenvalue weighted by Crippen LogP contribution is -1.80. The summed E-state index contributed by atoms with van der Waals surface area (Å²) in [6, 6.07) is 5.23. The van der Waals surface area contributed by atoms with Gasteiger partial charge in [-0.15, -0.1) is 12.6 Å². The van der Waals surface area contributed by atoms with E-state index in [2.05, 4.69) is 28.6 Å². The molecule has 0 N–H and O–H groups in total. The number of rotatable bonds is 1. The second-order valence-corrected chi connectivity index (χ2v) is 5.14. The van der Waals surface area contributed by atoms with Gasteiger partial charge in [0.15, 0.2) is 0 Å². The fourth-order valence-electron chi connectivity index (χ4n) is 1.16. The molecule has 1 aromatic heterocycles. The van der Waals surface area contributed by atoms with Crippen LogP contribution in [0.4, 0.5) is 5.00 Å². The van der Waals surface area contributed by atoms with Crippen LogP contribution in [0.25, 0.3) is 10.1 Å². The zero-order valence-electron chi connectivity index (χ0n) is 6.73. The molecule has 0 spiro atoms. The van der Waals surface area contributed by atoms with Crippen molar-refractivity contribution >= 4 is 55.0 Å². The molecule has 0 aliphatic carbocycles. The molecule has 0 saturated heterocycles. The molecule has 0 fully saturated rings. The Kier molecular flexibility index (Phi) is 2.50. The molecule has 0 saturated carbocycles. The minimum atomic E-state index is -0.383. The minimum Gasteiger partial charge on any atom is -0.258 e. The molecule has 2 aromatic rings. The predicted octanol–water partition coefficient (Wildman–Crippen LogP) is 3.86. The topological polar surface area (TPSA) is 43.1 Å². The van der Waals surface area contributed by atoms with Crippen molar-refractivity contribution in [2.75, 3.05) is 0 Å². The van der Waals surface area contributed by atoms with Crippen LogP contribution in [0.3, 0.4) is 0 Å². The Morgan fingerprint density at radius 3 is 2.79 bits per heavy atom. The standard InChI is InChI=1S/C8H4BrNO2S2/c9-4-1-6(13)5-3-8(10(11)12)14-7(5)2-4/h1-3,13H. The number of hydrogen-bond acceptors (Lipinski definition) is 4. The van der Waals surface area contributed by atoms with Crippen LogP contribution >= 0.6 is 39.9 Å². The Bertz CT molecular complexity index is 523. The molecular weight excluding hydrogens is 286 g/mol. The largest absolute Gasteiger partial charge is 0.325 e. The van der Waals surface area contributed by atoms with E-state index in [9.17, 15) is 10.1 Å². The number of benzene rings is 1. The van der Waals surface area contributed by atoms with E-state index < -0.39 is 0 Å². The highest BCUT2D eigenvalue weighted by molar-refractivity contribution is 9.10. The van der Waals surface area contributed by atoms with Gasteiger partial charge < -0.3 is 0 Å². The van der Waals surface area contributed by atoms with E-state index >= 15 is 0 Å². The Hall–Kier alpha value is -0.590. The molecule has 0 radical (unpaired) electrons. The number of nitrogens with zero attached hydrogens (tertiary/aromatic N) is 1. The fourth-order valence-corrected chi connectivity index (χ4v) is 3.29. The van der Waals surface area contributed by atoms with Crippen molar-refractivity contribution < 1.29 is 4.92 Å². The molecule has 0 aliphatic rings. The first kappa shape index (κ1) is 9.95. The second kappa shape index (κ2) is 3.52. The van der Waals surface area contributed by atoms with E-state index in [4.69, 9.17) is 0 Å². The average molecular weight is 290 g/mol. The molecule has 6 heteroatoms. The van der Waals surface area contributed by atoms with Crippen LogP contribution in [-0.2, 0) is 0 Å². The third kappa shape index (κ3) is 1.65. The van der Waals surface area contributed by atoms with Crippen molar-refractivity contribution in [1.82, 2.24) is 0 Å². The van der Waals surface area contributed by atoms with Gasteiger partial charge in [0.1, 0.15) is 0 Å². The zero-order valence-corrected chi connectivity index (χ0v) is 10.0. The lowest BCUT2D eigenvalue weighted by molar-refractivity contribution is -0.380. The predicted molar refractivity (Wildman–Crippen MR) is 63.4 cm³/mol. The molecule has 0 aliphatic heterocycles. The van der Waals surface area contributed by atoms with Gasteiger partial charge in [-0.25, -0.2) is 0 Å². The van der Waals surface area contributed by atoms with Gasteiger partial charge in [0.05, 0.1) is 4.92 Å². The van der Waals surface area contributed by atoms with Crippen LogP contribution in [0.5, 0.6) is 0 Å². The van der Waals surface area contributed by atoms with Crippen LogP contribution in [0, 0.1) is 10.1 Å². The highest BCUT2D eigenvalue weighted by Crippen LogP contribution is 2.36. The van der Waals surface area contributed by atoms with Crippen LogP contribution in [0.2, 0.25) is 0 Å². The molecule has 2 rings (SSSR count). The maximum Gasteiger partial charge on any atom is 0.325 e. The maximum absolute atomic E-state index is 10.5. The number of fused-ring (bicyclic) bond motifs is 1. The molecule has 1 heterocycles. The van der Waals surface area contributed by atoms with Crippen LogP contribution in [-0.4, -0.2) is 4.92 Å². The molecule has 0 bridgehead atoms. The average Bonchev–Trinajstić information content (AvgIpc) is 2.47. The summed E-state index contributed by atoms with van der Waals surface area (Å²) in [5.41, 5.74) is 0. The van der Waals surface area contributed by atoms with Crippen molar-refractivity contribution in [2.24, 2.45) is 0 Å². The molecule has 1 aromatic carbocycles. The van der Waals surface area contributed by atoms with E-state index in [0.717, 1.165) is 30.8 Å². The van der Waals surface area contributed by atoms with E-state index in [-0.39, 0.29) is 9.92 Å². The summed E-state index contributed by atoms with van der Waals surface area (Å²) in [5, 5.41) is 11.5. The van der Waals surface area contributed by atoms with E-state index in [1.165, 1.54) is 0 Å². The third-order valence-corrected chi connectivity index (χ3v) is 3.61. The molecule has 0 amide bonds. The molecule has 14 heavy (non-hydrogen) atoms. The Morgan fingerprint density at radius 2 is 2.14 bits per heavy atom. The summed E-state index contributed by atoms with van der Waals surface area (Å²) in [4.78, 5) is 10.9. The normalized spacial score (nSPS) is 10.7. The zero-order chi connectivity index (χ0) is 10.3. The summed E-state index contributed by atoms with van der Waals surface area (Å²) in [5.74, 6) is 0. The van der Waals surface area contributed by atoms with Gasteiger partial charge in [-0.3, -0.25) is 10.1 Å². The molecule has 3 nitrogen and oxygen atoms in total. The highest BCUT2D eigenvalue weighted by Gasteiger charge is 2.13. The van der Waals surface area contributed by atoms with Crippen LogP contribution in [0.1, 0.15) is 0 Å². The van der Waals surface area contributed by atoms with Crippen molar-refractivity contribution in [3.05, 3.63) is 32.8 Å². The van der Waals surface area contributed by atoms with Crippen LogP contribution < -0.4 is 0 Å². The molecule has 0 atom stereocenters. The van der Waals surface area contributed by atoms with Gasteiger partial charge >= 0.3 is 5.00 Å². The summed E-state index contributed by atoms with van der Waals surface area (Å²) in [6.07, 6.45) is 0. The minimum absolute atomic E-state index is 0.147. The summed E-state index contributed by atoms with van der Waals surface area (Å²) in [6.45, 7) is 0. The van der Waals surface area contributed by atoms with Gasteiger partial charge in [0.25, 0.3) is 0 Å². The maximum atomic E-state index is 10.5. The number of halogens is 1. The quantitative estimate of drug-likeness (QED) is 0.492. The Morgan fingerprint density at radius 1 is 1.43 bits per heavy atom. The van der Waals surface area contributed by atoms with E-state index in [1.807, 2.05) is 12.1 Å². The third-order valence-electron chi connectivity index (χ3n) is 1.75. The summed E-state index contributed by atoms with van der Waals surface area (Å²) in [7, 11) is 0.